The smallest absolute Gasteiger partial charge is 0.255 e. The molecule has 2 aromatic heterocycles. The van der Waals surface area contributed by atoms with Gasteiger partial charge in [-0.15, -0.1) is 0 Å². The van der Waals surface area contributed by atoms with Gasteiger partial charge in [-0.25, -0.2) is 9.97 Å². The van der Waals surface area contributed by atoms with Crippen molar-refractivity contribution < 1.29 is 14.3 Å². The number of nitrogens with zero attached hydrogens (tertiary/aromatic N) is 6. The summed E-state index contributed by atoms with van der Waals surface area (Å²) in [5, 5.41) is 7.26. The number of carbonyl (C=O) groups excluding carboxylic acids is 2. The van der Waals surface area contributed by atoms with Crippen LogP contribution in [0.4, 0.5) is 5.82 Å². The highest BCUT2D eigenvalue weighted by Crippen LogP contribution is 2.38. The van der Waals surface area contributed by atoms with Crippen molar-refractivity contribution in [2.45, 2.75) is 45.4 Å². The van der Waals surface area contributed by atoms with Gasteiger partial charge in [-0.1, -0.05) is 12.1 Å². The SMILES string of the molecule is Cc1nccc(N2CCCC3(CCN(C(=O)CCc4ccnn4C)CC3)COc3ccccc3C(=O)NCC2)n1. The molecule has 0 aliphatic carbocycles. The maximum atomic E-state index is 13.1. The van der Waals surface area contributed by atoms with Crippen molar-refractivity contribution in [2.75, 3.05) is 44.2 Å². The van der Waals surface area contributed by atoms with E-state index in [1.807, 2.05) is 60.0 Å². The van der Waals surface area contributed by atoms with Gasteiger partial charge in [-0.05, 0) is 63.3 Å². The van der Waals surface area contributed by atoms with Gasteiger partial charge < -0.3 is 19.9 Å². The van der Waals surface area contributed by atoms with Crippen molar-refractivity contribution in [1.82, 2.24) is 30.0 Å². The van der Waals surface area contributed by atoms with E-state index in [1.54, 1.807) is 12.4 Å². The molecule has 2 amide bonds. The van der Waals surface area contributed by atoms with Crippen LogP contribution in [0.25, 0.3) is 0 Å². The van der Waals surface area contributed by atoms with Crippen molar-refractivity contribution >= 4 is 17.6 Å². The van der Waals surface area contributed by atoms with Crippen LogP contribution < -0.4 is 15.0 Å². The number of amides is 2. The highest BCUT2D eigenvalue weighted by molar-refractivity contribution is 5.96. The molecule has 0 bridgehead atoms. The standard InChI is InChI=1S/C30H39N7O3/c1-23-31-15-11-27(34-23)36-18-5-12-30(22-40-26-7-4-3-6-25(26)29(39)32-17-21-36)13-19-37(20-14-30)28(38)9-8-24-10-16-33-35(24)2/h3-4,6-7,10-11,15-16H,5,8-9,12-14,17-22H2,1-2H3,(H,32,39). The minimum atomic E-state index is -0.142. The average Bonchev–Trinajstić information content (AvgIpc) is 3.38. The summed E-state index contributed by atoms with van der Waals surface area (Å²) in [5.74, 6) is 2.25. The van der Waals surface area contributed by atoms with E-state index in [4.69, 9.17) is 4.74 Å². The van der Waals surface area contributed by atoms with E-state index in [0.29, 0.717) is 56.9 Å². The normalized spacial score (nSPS) is 18.1. The minimum absolute atomic E-state index is 0.0796. The Morgan fingerprint density at radius 1 is 1.05 bits per heavy atom. The van der Waals surface area contributed by atoms with Crippen LogP contribution in [0.2, 0.25) is 0 Å². The van der Waals surface area contributed by atoms with Crippen molar-refractivity contribution in [3.05, 3.63) is 65.9 Å². The summed E-state index contributed by atoms with van der Waals surface area (Å²) in [5.41, 5.74) is 1.53. The van der Waals surface area contributed by atoms with Gasteiger partial charge in [0.2, 0.25) is 5.91 Å². The molecule has 0 atom stereocenters. The molecule has 2 aliphatic heterocycles. The first kappa shape index (κ1) is 27.6. The number of hydrogen-bond acceptors (Lipinski definition) is 7. The molecule has 1 fully saturated rings. The lowest BCUT2D eigenvalue weighted by Gasteiger charge is -2.42. The Labute approximate surface area is 235 Å². The molecule has 1 aromatic carbocycles. The molecule has 10 heteroatoms. The summed E-state index contributed by atoms with van der Waals surface area (Å²) < 4.78 is 8.22. The van der Waals surface area contributed by atoms with E-state index in [0.717, 1.165) is 49.6 Å². The van der Waals surface area contributed by atoms with Gasteiger partial charge in [0.25, 0.3) is 5.91 Å². The van der Waals surface area contributed by atoms with E-state index >= 15 is 0 Å². The van der Waals surface area contributed by atoms with Gasteiger partial charge in [0.15, 0.2) is 0 Å². The average molecular weight is 546 g/mol. The van der Waals surface area contributed by atoms with Gasteiger partial charge in [0.1, 0.15) is 17.4 Å². The molecular formula is C30H39N7O3. The summed E-state index contributed by atoms with van der Waals surface area (Å²) in [6.07, 6.45) is 8.38. The largest absolute Gasteiger partial charge is 0.492 e. The number of aromatic nitrogens is 4. The van der Waals surface area contributed by atoms with Gasteiger partial charge in [0.05, 0.1) is 12.2 Å². The number of carbonyl (C=O) groups is 2. The Bertz CT molecular complexity index is 1320. The summed E-state index contributed by atoms with van der Waals surface area (Å²) in [4.78, 5) is 39.2. The zero-order valence-corrected chi connectivity index (χ0v) is 23.5. The number of ether oxygens (including phenoxy) is 1. The summed E-state index contributed by atoms with van der Waals surface area (Å²) in [7, 11) is 1.91. The van der Waals surface area contributed by atoms with E-state index in [1.165, 1.54) is 0 Å². The van der Waals surface area contributed by atoms with Crippen LogP contribution in [0, 0.1) is 12.3 Å². The number of aryl methyl sites for hydroxylation is 3. The molecule has 4 heterocycles. The van der Waals surface area contributed by atoms with Crippen molar-refractivity contribution in [3.8, 4) is 5.75 Å². The summed E-state index contributed by atoms with van der Waals surface area (Å²) in [6, 6.07) is 11.3. The Morgan fingerprint density at radius 2 is 1.88 bits per heavy atom. The Morgan fingerprint density at radius 3 is 2.65 bits per heavy atom. The second kappa shape index (κ2) is 12.5. The van der Waals surface area contributed by atoms with Crippen LogP contribution in [0.1, 0.15) is 54.0 Å². The number of anilines is 1. The zero-order chi connectivity index (χ0) is 28.0. The second-order valence-corrected chi connectivity index (χ2v) is 10.9. The lowest BCUT2D eigenvalue weighted by atomic mass is 9.75. The number of likely N-dealkylation sites (tertiary alicyclic amines) is 1. The molecule has 10 nitrogen and oxygen atoms in total. The van der Waals surface area contributed by atoms with Crippen molar-refractivity contribution in [2.24, 2.45) is 12.5 Å². The fourth-order valence-corrected chi connectivity index (χ4v) is 5.75. The molecule has 0 saturated carbocycles. The maximum Gasteiger partial charge on any atom is 0.255 e. The quantitative estimate of drug-likeness (QED) is 0.537. The Hall–Kier alpha value is -3.95. The van der Waals surface area contributed by atoms with Crippen LogP contribution in [0.15, 0.2) is 48.8 Å². The molecule has 5 rings (SSSR count). The molecule has 40 heavy (non-hydrogen) atoms. The number of nitrogens with one attached hydrogen (secondary N) is 1. The Kier molecular flexibility index (Phi) is 8.62. The maximum absolute atomic E-state index is 13.1. The molecule has 3 aromatic rings. The molecule has 1 saturated heterocycles. The van der Waals surface area contributed by atoms with Crippen molar-refractivity contribution in [3.63, 3.8) is 0 Å². The third-order valence-corrected chi connectivity index (χ3v) is 8.25. The fourth-order valence-electron chi connectivity index (χ4n) is 5.75. The highest BCUT2D eigenvalue weighted by atomic mass is 16.5. The number of benzene rings is 1. The first-order valence-electron chi connectivity index (χ1n) is 14.2. The number of fused-ring (bicyclic) bond motifs is 1. The van der Waals surface area contributed by atoms with Crippen LogP contribution in [-0.4, -0.2) is 75.8 Å². The van der Waals surface area contributed by atoms with E-state index in [-0.39, 0.29) is 17.2 Å². The predicted molar refractivity (Wildman–Crippen MR) is 152 cm³/mol. The Balaban J connectivity index is 1.30. The number of hydrogen-bond donors (Lipinski definition) is 1. The second-order valence-electron chi connectivity index (χ2n) is 10.9. The van der Waals surface area contributed by atoms with Crippen LogP contribution >= 0.6 is 0 Å². The van der Waals surface area contributed by atoms with Gasteiger partial charge >= 0.3 is 0 Å². The number of para-hydroxylation sites is 1. The number of rotatable bonds is 4. The molecule has 2 aliphatic rings. The summed E-state index contributed by atoms with van der Waals surface area (Å²) >= 11 is 0. The minimum Gasteiger partial charge on any atom is -0.492 e. The first-order chi connectivity index (χ1) is 19.4. The molecular weight excluding hydrogens is 506 g/mol. The molecule has 0 radical (unpaired) electrons. The zero-order valence-electron chi connectivity index (χ0n) is 23.5. The third kappa shape index (κ3) is 6.60. The van der Waals surface area contributed by atoms with Crippen LogP contribution in [0.3, 0.4) is 0 Å². The topological polar surface area (TPSA) is 105 Å². The molecule has 1 N–H and O–H groups in total. The van der Waals surface area contributed by atoms with E-state index in [9.17, 15) is 9.59 Å². The molecule has 1 spiro atoms. The highest BCUT2D eigenvalue weighted by Gasteiger charge is 2.37. The van der Waals surface area contributed by atoms with E-state index in [2.05, 4.69) is 25.3 Å². The molecule has 212 valence electrons. The van der Waals surface area contributed by atoms with Gasteiger partial charge in [-0.2, -0.15) is 5.10 Å². The van der Waals surface area contributed by atoms with Crippen LogP contribution in [0.5, 0.6) is 5.75 Å². The predicted octanol–water partition coefficient (Wildman–Crippen LogP) is 3.17. The number of piperidine rings is 1. The first-order valence-corrected chi connectivity index (χ1v) is 14.2. The van der Waals surface area contributed by atoms with Crippen LogP contribution in [-0.2, 0) is 18.3 Å². The molecule has 0 unspecified atom stereocenters. The lowest BCUT2D eigenvalue weighted by Crippen LogP contribution is -2.46. The summed E-state index contributed by atoms with van der Waals surface area (Å²) in [6.45, 7) is 5.79. The fraction of sp³-hybridized carbons (Fsp3) is 0.500. The van der Waals surface area contributed by atoms with Gasteiger partial charge in [-0.3, -0.25) is 14.3 Å². The van der Waals surface area contributed by atoms with Crippen molar-refractivity contribution in [1.29, 1.82) is 0 Å². The van der Waals surface area contributed by atoms with Gasteiger partial charge in [0, 0.05) is 69.7 Å². The lowest BCUT2D eigenvalue weighted by molar-refractivity contribution is -0.134. The monoisotopic (exact) mass is 545 g/mol. The third-order valence-electron chi connectivity index (χ3n) is 8.25. The van der Waals surface area contributed by atoms with E-state index < -0.39 is 0 Å².